The molecule has 0 unspecified atom stereocenters. The number of hydrogen-bond acceptors (Lipinski definition) is 5. The number of nitrogens with zero attached hydrogens (tertiary/aromatic N) is 3. The number of carbonyl (C=O) groups is 2. The van der Waals surface area contributed by atoms with E-state index in [1.165, 1.54) is 6.39 Å². The number of rotatable bonds is 3. The lowest BCUT2D eigenvalue weighted by atomic mass is 10.0. The minimum absolute atomic E-state index is 0.00974. The van der Waals surface area contributed by atoms with Crippen LogP contribution in [0.1, 0.15) is 23.2 Å². The van der Waals surface area contributed by atoms with E-state index in [1.807, 2.05) is 42.5 Å². The smallest absolute Gasteiger partial charge is 0.253 e. The van der Waals surface area contributed by atoms with Gasteiger partial charge < -0.3 is 20.0 Å². The monoisotopic (exact) mass is 390 g/mol. The fourth-order valence-corrected chi connectivity index (χ4v) is 3.80. The second-order valence-electron chi connectivity index (χ2n) is 7.85. The van der Waals surface area contributed by atoms with Gasteiger partial charge in [-0.2, -0.15) is 0 Å². The fourth-order valence-electron chi connectivity index (χ4n) is 3.80. The molecule has 29 heavy (non-hydrogen) atoms. The van der Waals surface area contributed by atoms with Gasteiger partial charge in [0.05, 0.1) is 5.54 Å². The van der Waals surface area contributed by atoms with Crippen molar-refractivity contribution in [2.75, 3.05) is 26.2 Å². The summed E-state index contributed by atoms with van der Waals surface area (Å²) < 4.78 is 5.28. The van der Waals surface area contributed by atoms with Crippen molar-refractivity contribution in [2.45, 2.75) is 18.4 Å². The fraction of sp³-hybridized carbons (Fsp3) is 0.318. The Kier molecular flexibility index (Phi) is 4.13. The van der Waals surface area contributed by atoms with Gasteiger partial charge in [-0.3, -0.25) is 9.59 Å². The van der Waals surface area contributed by atoms with E-state index in [2.05, 4.69) is 4.98 Å². The molecular formula is C22H22N4O3. The van der Waals surface area contributed by atoms with Crippen molar-refractivity contribution in [1.82, 2.24) is 14.8 Å². The highest BCUT2D eigenvalue weighted by Crippen LogP contribution is 2.34. The van der Waals surface area contributed by atoms with Gasteiger partial charge in [-0.05, 0) is 48.2 Å². The van der Waals surface area contributed by atoms with Crippen LogP contribution in [-0.4, -0.2) is 58.3 Å². The summed E-state index contributed by atoms with van der Waals surface area (Å²) in [6, 6.07) is 13.4. The molecule has 5 rings (SSSR count). The second kappa shape index (κ2) is 6.70. The number of benzene rings is 2. The average Bonchev–Trinajstić information content (AvgIpc) is 3.34. The number of amides is 2. The Morgan fingerprint density at radius 1 is 0.931 bits per heavy atom. The highest BCUT2D eigenvalue weighted by atomic mass is 16.3. The summed E-state index contributed by atoms with van der Waals surface area (Å²) in [7, 11) is 0. The molecule has 0 radical (unpaired) electrons. The van der Waals surface area contributed by atoms with Crippen LogP contribution in [-0.2, 0) is 4.79 Å². The molecule has 7 heteroatoms. The highest BCUT2D eigenvalue weighted by Gasteiger charge is 2.48. The first-order valence-corrected chi connectivity index (χ1v) is 9.85. The van der Waals surface area contributed by atoms with E-state index in [1.54, 1.807) is 9.80 Å². The van der Waals surface area contributed by atoms with Crippen molar-refractivity contribution >= 4 is 22.9 Å². The Morgan fingerprint density at radius 3 is 2.28 bits per heavy atom. The lowest BCUT2D eigenvalue weighted by molar-refractivity contribution is -0.135. The summed E-state index contributed by atoms with van der Waals surface area (Å²) in [5.74, 6) is 0.0162. The topological polar surface area (TPSA) is 92.7 Å². The normalized spacial score (nSPS) is 18.1. The van der Waals surface area contributed by atoms with Gasteiger partial charge in [0.15, 0.2) is 12.0 Å². The van der Waals surface area contributed by atoms with E-state index in [9.17, 15) is 9.59 Å². The molecule has 148 valence electrons. The molecule has 0 bridgehead atoms. The molecule has 0 spiro atoms. The SMILES string of the molecule is NC1(C(=O)N2CCN(C(=O)c3ccc(-c4ccc5ocnc5c4)cc3)CC2)CC1. The maximum Gasteiger partial charge on any atom is 0.253 e. The van der Waals surface area contributed by atoms with E-state index >= 15 is 0 Å². The molecule has 7 nitrogen and oxygen atoms in total. The molecule has 1 saturated carbocycles. The first kappa shape index (κ1) is 17.9. The van der Waals surface area contributed by atoms with Crippen molar-refractivity contribution in [3.05, 3.63) is 54.4 Å². The molecule has 2 N–H and O–H groups in total. The molecule has 2 heterocycles. The lowest BCUT2D eigenvalue weighted by Gasteiger charge is -2.36. The molecule has 2 aromatic carbocycles. The zero-order valence-electron chi connectivity index (χ0n) is 16.0. The third-order valence-corrected chi connectivity index (χ3v) is 5.86. The molecule has 1 aliphatic heterocycles. The minimum Gasteiger partial charge on any atom is -0.443 e. The molecule has 2 amide bonds. The molecule has 1 aliphatic carbocycles. The Morgan fingerprint density at radius 2 is 1.59 bits per heavy atom. The van der Waals surface area contributed by atoms with E-state index in [4.69, 9.17) is 10.2 Å². The molecular weight excluding hydrogens is 368 g/mol. The van der Waals surface area contributed by atoms with Gasteiger partial charge in [-0.1, -0.05) is 18.2 Å². The third-order valence-electron chi connectivity index (χ3n) is 5.86. The maximum atomic E-state index is 12.8. The standard InChI is InChI=1S/C22H22N4O3/c23-22(7-8-22)21(28)26-11-9-25(10-12-26)20(27)16-3-1-15(2-4-16)17-5-6-19-18(13-17)24-14-29-19/h1-6,13-14H,7-12,23H2. The van der Waals surface area contributed by atoms with Crippen molar-refractivity contribution < 1.29 is 14.0 Å². The highest BCUT2D eigenvalue weighted by molar-refractivity contribution is 5.95. The first-order chi connectivity index (χ1) is 14.0. The predicted molar refractivity (Wildman–Crippen MR) is 108 cm³/mol. The molecule has 3 aromatic rings. The Bertz CT molecular complexity index is 1080. The number of nitrogens with two attached hydrogens (primary N) is 1. The number of oxazole rings is 1. The molecule has 0 atom stereocenters. The van der Waals surface area contributed by atoms with Crippen LogP contribution in [0.3, 0.4) is 0 Å². The number of fused-ring (bicyclic) bond motifs is 1. The summed E-state index contributed by atoms with van der Waals surface area (Å²) in [6.07, 6.45) is 2.96. The Hall–Kier alpha value is -3.19. The van der Waals surface area contributed by atoms with E-state index in [-0.39, 0.29) is 11.8 Å². The summed E-state index contributed by atoms with van der Waals surface area (Å²) in [6.45, 7) is 2.15. The van der Waals surface area contributed by atoms with Crippen molar-refractivity contribution in [3.63, 3.8) is 0 Å². The summed E-state index contributed by atoms with van der Waals surface area (Å²) in [5, 5.41) is 0. The number of aromatic nitrogens is 1. The predicted octanol–water partition coefficient (Wildman–Crippen LogP) is 2.27. The zero-order valence-corrected chi connectivity index (χ0v) is 16.0. The number of carbonyl (C=O) groups excluding carboxylic acids is 2. The van der Waals surface area contributed by atoms with Gasteiger partial charge in [0.1, 0.15) is 5.52 Å². The van der Waals surface area contributed by atoms with Gasteiger partial charge in [0.2, 0.25) is 5.91 Å². The van der Waals surface area contributed by atoms with Gasteiger partial charge in [-0.15, -0.1) is 0 Å². The minimum atomic E-state index is -0.642. The molecule has 2 fully saturated rings. The van der Waals surface area contributed by atoms with E-state index in [0.29, 0.717) is 31.7 Å². The number of hydrogen-bond donors (Lipinski definition) is 1. The van der Waals surface area contributed by atoms with Crippen molar-refractivity contribution in [2.24, 2.45) is 5.73 Å². The van der Waals surface area contributed by atoms with Crippen molar-refractivity contribution in [3.8, 4) is 11.1 Å². The summed E-state index contributed by atoms with van der Waals surface area (Å²) in [4.78, 5) is 33.0. The van der Waals surface area contributed by atoms with Crippen LogP contribution in [0.4, 0.5) is 0 Å². The van der Waals surface area contributed by atoms with Crippen LogP contribution in [0.15, 0.2) is 53.3 Å². The molecule has 1 saturated heterocycles. The first-order valence-electron chi connectivity index (χ1n) is 9.85. The maximum absolute atomic E-state index is 12.8. The second-order valence-corrected chi connectivity index (χ2v) is 7.85. The molecule has 1 aromatic heterocycles. The Labute approximate surface area is 168 Å². The van der Waals surface area contributed by atoms with Crippen molar-refractivity contribution in [1.29, 1.82) is 0 Å². The summed E-state index contributed by atoms with van der Waals surface area (Å²) >= 11 is 0. The largest absolute Gasteiger partial charge is 0.443 e. The van der Waals surface area contributed by atoms with Gasteiger partial charge in [0, 0.05) is 31.7 Å². The summed E-state index contributed by atoms with van der Waals surface area (Å²) in [5.41, 5.74) is 9.61. The third kappa shape index (κ3) is 3.27. The van der Waals surface area contributed by atoms with Gasteiger partial charge in [0.25, 0.3) is 5.91 Å². The van der Waals surface area contributed by atoms with E-state index in [0.717, 1.165) is 35.1 Å². The van der Waals surface area contributed by atoms with E-state index < -0.39 is 5.54 Å². The average molecular weight is 390 g/mol. The molecule has 2 aliphatic rings. The number of piperazine rings is 1. The van der Waals surface area contributed by atoms with Crippen LogP contribution in [0.2, 0.25) is 0 Å². The Balaban J connectivity index is 1.25. The lowest BCUT2D eigenvalue weighted by Crippen LogP contribution is -2.55. The van der Waals surface area contributed by atoms with Crippen LogP contribution >= 0.6 is 0 Å². The van der Waals surface area contributed by atoms with Gasteiger partial charge >= 0.3 is 0 Å². The van der Waals surface area contributed by atoms with Crippen LogP contribution in [0, 0.1) is 0 Å². The van der Waals surface area contributed by atoms with Gasteiger partial charge in [-0.25, -0.2) is 4.98 Å². The van der Waals surface area contributed by atoms with Crippen LogP contribution < -0.4 is 5.73 Å². The zero-order chi connectivity index (χ0) is 20.0. The quantitative estimate of drug-likeness (QED) is 0.741. The van der Waals surface area contributed by atoms with Crippen LogP contribution in [0.25, 0.3) is 22.2 Å². The van der Waals surface area contributed by atoms with Crippen LogP contribution in [0.5, 0.6) is 0 Å².